The van der Waals surface area contributed by atoms with Gasteiger partial charge in [-0.1, -0.05) is 18.2 Å². The lowest BCUT2D eigenvalue weighted by Gasteiger charge is -2.19. The molecule has 0 saturated carbocycles. The quantitative estimate of drug-likeness (QED) is 0.735. The number of para-hydroxylation sites is 1. The van der Waals surface area contributed by atoms with Crippen LogP contribution in [0.4, 0.5) is 5.69 Å². The highest BCUT2D eigenvalue weighted by Crippen LogP contribution is 2.29. The molecular weight excluding hydrogens is 214 g/mol. The summed E-state index contributed by atoms with van der Waals surface area (Å²) in [4.78, 5) is 4.56. The Morgan fingerprint density at radius 3 is 2.94 bits per heavy atom. The standard InChI is InChI=1S/C13H15N3O/c14-10-5-2-1-4-9(10)11-8-16-12(15-11)6-3-7-13(16)17/h1-2,4-5,8,13,17H,3,6-7,14H2. The summed E-state index contributed by atoms with van der Waals surface area (Å²) in [6, 6.07) is 7.67. The van der Waals surface area contributed by atoms with Crippen molar-refractivity contribution in [3.8, 4) is 11.3 Å². The molecule has 1 unspecified atom stereocenters. The number of anilines is 1. The third kappa shape index (κ3) is 1.70. The number of hydrogen-bond acceptors (Lipinski definition) is 3. The third-order valence-electron chi connectivity index (χ3n) is 3.23. The van der Waals surface area contributed by atoms with Gasteiger partial charge in [-0.3, -0.25) is 0 Å². The average molecular weight is 229 g/mol. The highest BCUT2D eigenvalue weighted by molar-refractivity contribution is 5.73. The van der Waals surface area contributed by atoms with E-state index in [0.717, 1.165) is 42.0 Å². The minimum absolute atomic E-state index is 0.440. The van der Waals surface area contributed by atoms with Crippen molar-refractivity contribution in [2.45, 2.75) is 25.5 Å². The van der Waals surface area contributed by atoms with Gasteiger partial charge < -0.3 is 15.4 Å². The van der Waals surface area contributed by atoms with Gasteiger partial charge in [0.25, 0.3) is 0 Å². The van der Waals surface area contributed by atoms with E-state index in [1.165, 1.54) is 0 Å². The first-order chi connectivity index (χ1) is 8.25. The number of aryl methyl sites for hydroxylation is 1. The molecule has 3 N–H and O–H groups in total. The first-order valence-corrected chi connectivity index (χ1v) is 5.86. The van der Waals surface area contributed by atoms with Crippen LogP contribution in [-0.4, -0.2) is 14.7 Å². The maximum atomic E-state index is 9.88. The van der Waals surface area contributed by atoms with E-state index in [2.05, 4.69) is 4.98 Å². The minimum Gasteiger partial charge on any atom is -0.398 e. The summed E-state index contributed by atoms with van der Waals surface area (Å²) >= 11 is 0. The summed E-state index contributed by atoms with van der Waals surface area (Å²) in [5, 5.41) is 9.88. The number of fused-ring (bicyclic) bond motifs is 1. The maximum absolute atomic E-state index is 9.88. The van der Waals surface area contributed by atoms with E-state index in [-0.39, 0.29) is 0 Å². The van der Waals surface area contributed by atoms with Crippen molar-refractivity contribution in [1.82, 2.24) is 9.55 Å². The second-order valence-corrected chi connectivity index (χ2v) is 4.41. The lowest BCUT2D eigenvalue weighted by atomic mass is 10.1. The van der Waals surface area contributed by atoms with Crippen LogP contribution in [0, 0.1) is 0 Å². The lowest BCUT2D eigenvalue weighted by Crippen LogP contribution is -2.16. The van der Waals surface area contributed by atoms with Crippen molar-refractivity contribution in [3.05, 3.63) is 36.3 Å². The number of nitrogen functional groups attached to an aromatic ring is 1. The van der Waals surface area contributed by atoms with Crippen LogP contribution in [0.1, 0.15) is 24.9 Å². The van der Waals surface area contributed by atoms with Crippen molar-refractivity contribution >= 4 is 5.69 Å². The number of aromatic nitrogens is 2. The van der Waals surface area contributed by atoms with Gasteiger partial charge in [0.05, 0.1) is 5.69 Å². The summed E-state index contributed by atoms with van der Waals surface area (Å²) in [6.07, 6.45) is 4.16. The predicted molar refractivity (Wildman–Crippen MR) is 66.3 cm³/mol. The van der Waals surface area contributed by atoms with E-state index < -0.39 is 6.23 Å². The van der Waals surface area contributed by atoms with Crippen LogP contribution >= 0.6 is 0 Å². The summed E-state index contributed by atoms with van der Waals surface area (Å²) in [7, 11) is 0. The molecule has 0 saturated heterocycles. The molecule has 0 aliphatic carbocycles. The summed E-state index contributed by atoms with van der Waals surface area (Å²) in [5.41, 5.74) is 8.43. The Balaban J connectivity index is 2.08. The topological polar surface area (TPSA) is 64.1 Å². The molecule has 1 aromatic heterocycles. The van der Waals surface area contributed by atoms with Gasteiger partial charge in [-0.15, -0.1) is 0 Å². The van der Waals surface area contributed by atoms with E-state index in [4.69, 9.17) is 5.73 Å². The number of aliphatic hydroxyl groups excluding tert-OH is 1. The molecule has 2 aromatic rings. The average Bonchev–Trinajstić information content (AvgIpc) is 2.75. The number of benzene rings is 1. The fourth-order valence-corrected chi connectivity index (χ4v) is 2.32. The Morgan fingerprint density at radius 2 is 2.18 bits per heavy atom. The number of nitrogens with two attached hydrogens (primary N) is 1. The van der Waals surface area contributed by atoms with Gasteiger partial charge in [0.1, 0.15) is 12.1 Å². The molecule has 1 aliphatic rings. The molecule has 1 aliphatic heterocycles. The van der Waals surface area contributed by atoms with E-state index in [1.807, 2.05) is 35.0 Å². The Kier molecular flexibility index (Phi) is 2.37. The molecule has 4 nitrogen and oxygen atoms in total. The van der Waals surface area contributed by atoms with Gasteiger partial charge in [0.2, 0.25) is 0 Å². The molecule has 4 heteroatoms. The second-order valence-electron chi connectivity index (χ2n) is 4.41. The zero-order chi connectivity index (χ0) is 11.8. The van der Waals surface area contributed by atoms with E-state index >= 15 is 0 Å². The number of nitrogens with zero attached hydrogens (tertiary/aromatic N) is 2. The highest BCUT2D eigenvalue weighted by atomic mass is 16.3. The normalized spacial score (nSPS) is 19.0. The Morgan fingerprint density at radius 1 is 1.35 bits per heavy atom. The number of aliphatic hydroxyl groups is 1. The van der Waals surface area contributed by atoms with Crippen LogP contribution in [0.25, 0.3) is 11.3 Å². The van der Waals surface area contributed by atoms with Gasteiger partial charge >= 0.3 is 0 Å². The molecule has 1 atom stereocenters. The van der Waals surface area contributed by atoms with Gasteiger partial charge in [-0.05, 0) is 18.9 Å². The first kappa shape index (κ1) is 10.4. The van der Waals surface area contributed by atoms with Crippen LogP contribution < -0.4 is 5.73 Å². The van der Waals surface area contributed by atoms with E-state index in [0.29, 0.717) is 0 Å². The summed E-state index contributed by atoms with van der Waals surface area (Å²) < 4.78 is 1.85. The fraction of sp³-hybridized carbons (Fsp3) is 0.308. The molecule has 0 spiro atoms. The molecule has 0 bridgehead atoms. The molecular formula is C13H15N3O. The van der Waals surface area contributed by atoms with Crippen molar-refractivity contribution in [2.24, 2.45) is 0 Å². The molecule has 1 aromatic carbocycles. The predicted octanol–water partition coefficient (Wildman–Crippen LogP) is 1.96. The first-order valence-electron chi connectivity index (χ1n) is 5.86. The largest absolute Gasteiger partial charge is 0.398 e. The zero-order valence-corrected chi connectivity index (χ0v) is 9.50. The van der Waals surface area contributed by atoms with Crippen LogP contribution in [0.15, 0.2) is 30.5 Å². The van der Waals surface area contributed by atoms with Crippen LogP contribution in [0.5, 0.6) is 0 Å². The van der Waals surface area contributed by atoms with E-state index in [9.17, 15) is 5.11 Å². The molecule has 88 valence electrons. The van der Waals surface area contributed by atoms with Crippen molar-refractivity contribution in [3.63, 3.8) is 0 Å². The zero-order valence-electron chi connectivity index (χ0n) is 9.50. The number of rotatable bonds is 1. The SMILES string of the molecule is Nc1ccccc1-c1cn2c(n1)CCCC2O. The highest BCUT2D eigenvalue weighted by Gasteiger charge is 2.20. The number of hydrogen-bond donors (Lipinski definition) is 2. The van der Waals surface area contributed by atoms with E-state index in [1.54, 1.807) is 0 Å². The van der Waals surface area contributed by atoms with Crippen LogP contribution in [-0.2, 0) is 6.42 Å². The molecule has 0 fully saturated rings. The molecule has 2 heterocycles. The van der Waals surface area contributed by atoms with Gasteiger partial charge in [-0.2, -0.15) is 0 Å². The van der Waals surface area contributed by atoms with Crippen LogP contribution in [0.3, 0.4) is 0 Å². The van der Waals surface area contributed by atoms with Crippen LogP contribution in [0.2, 0.25) is 0 Å². The lowest BCUT2D eigenvalue weighted by molar-refractivity contribution is 0.0781. The summed E-state index contributed by atoms with van der Waals surface area (Å²) in [5.74, 6) is 0.946. The Bertz CT molecular complexity index is 547. The van der Waals surface area contributed by atoms with Crippen molar-refractivity contribution in [1.29, 1.82) is 0 Å². The molecule has 3 rings (SSSR count). The molecule has 17 heavy (non-hydrogen) atoms. The number of imidazole rings is 1. The summed E-state index contributed by atoms with van der Waals surface area (Å²) in [6.45, 7) is 0. The Hall–Kier alpha value is -1.81. The smallest absolute Gasteiger partial charge is 0.131 e. The third-order valence-corrected chi connectivity index (χ3v) is 3.23. The van der Waals surface area contributed by atoms with Crippen molar-refractivity contribution < 1.29 is 5.11 Å². The molecule has 0 amide bonds. The Labute approximate surface area is 99.7 Å². The fourth-order valence-electron chi connectivity index (χ4n) is 2.32. The monoisotopic (exact) mass is 229 g/mol. The minimum atomic E-state index is -0.440. The van der Waals surface area contributed by atoms with Gasteiger partial charge in [0.15, 0.2) is 0 Å². The second kappa shape index (κ2) is 3.89. The van der Waals surface area contributed by atoms with Gasteiger partial charge in [-0.25, -0.2) is 4.98 Å². The molecule has 0 radical (unpaired) electrons. The van der Waals surface area contributed by atoms with Crippen molar-refractivity contribution in [2.75, 3.05) is 5.73 Å². The van der Waals surface area contributed by atoms with Gasteiger partial charge in [0, 0.05) is 23.9 Å². The maximum Gasteiger partial charge on any atom is 0.131 e.